The number of carbonyl (C=O) groups is 1. The summed E-state index contributed by atoms with van der Waals surface area (Å²) >= 11 is 0. The van der Waals surface area contributed by atoms with Crippen molar-refractivity contribution in [2.45, 2.75) is 13.3 Å². The Balaban J connectivity index is 0. The van der Waals surface area contributed by atoms with Crippen LogP contribution in [0.4, 0.5) is 0 Å². The molecule has 7 nitrogen and oxygen atoms in total. The fourth-order valence-electron chi connectivity index (χ4n) is 1.48. The van der Waals surface area contributed by atoms with Crippen molar-refractivity contribution in [3.05, 3.63) is 12.2 Å². The number of esters is 1. The molecule has 0 aliphatic heterocycles. The van der Waals surface area contributed by atoms with Crippen molar-refractivity contribution in [3.63, 3.8) is 0 Å². The van der Waals surface area contributed by atoms with E-state index >= 15 is 0 Å². The number of nitrogens with zero attached hydrogens (tertiary/aromatic N) is 1. The predicted octanol–water partition coefficient (Wildman–Crippen LogP) is -0.263. The molecule has 0 amide bonds. The van der Waals surface area contributed by atoms with Gasteiger partial charge in [-0.05, 0) is 33.4 Å². The molecule has 0 saturated carbocycles. The molecule has 0 fully saturated rings. The molecule has 0 aromatic heterocycles. The SMILES string of the molecule is C=C(C)C(=O)OCCC(CN(C)C)CS(=O)(=O)O.O. The maximum Gasteiger partial charge on any atom is 0.333 e. The molecular formula is C11H23NO6S. The van der Waals surface area contributed by atoms with Crippen LogP contribution in [-0.2, 0) is 19.6 Å². The maximum atomic E-state index is 11.1. The van der Waals surface area contributed by atoms with Gasteiger partial charge in [0.05, 0.1) is 12.4 Å². The van der Waals surface area contributed by atoms with Crippen LogP contribution in [0.15, 0.2) is 12.2 Å². The van der Waals surface area contributed by atoms with E-state index in [0.717, 1.165) is 0 Å². The average Bonchev–Trinajstić information content (AvgIpc) is 2.13. The first-order valence-electron chi connectivity index (χ1n) is 5.54. The van der Waals surface area contributed by atoms with Crippen molar-refractivity contribution >= 4 is 16.1 Å². The maximum absolute atomic E-state index is 11.1. The van der Waals surface area contributed by atoms with E-state index in [0.29, 0.717) is 18.5 Å². The molecule has 0 saturated heterocycles. The first-order chi connectivity index (χ1) is 8.11. The average molecular weight is 297 g/mol. The minimum atomic E-state index is -4.02. The zero-order valence-corrected chi connectivity index (χ0v) is 12.4. The van der Waals surface area contributed by atoms with E-state index in [2.05, 4.69) is 6.58 Å². The second-order valence-electron chi connectivity index (χ2n) is 4.58. The number of rotatable bonds is 8. The van der Waals surface area contributed by atoms with Crippen LogP contribution >= 0.6 is 0 Å². The summed E-state index contributed by atoms with van der Waals surface area (Å²) < 4.78 is 35.4. The largest absolute Gasteiger partial charge is 0.462 e. The summed E-state index contributed by atoms with van der Waals surface area (Å²) in [5.74, 6) is -1.12. The fourth-order valence-corrected chi connectivity index (χ4v) is 2.35. The molecule has 0 bridgehead atoms. The van der Waals surface area contributed by atoms with Gasteiger partial charge >= 0.3 is 5.97 Å². The molecule has 0 aliphatic carbocycles. The van der Waals surface area contributed by atoms with E-state index in [9.17, 15) is 13.2 Å². The highest BCUT2D eigenvalue weighted by Crippen LogP contribution is 2.09. The van der Waals surface area contributed by atoms with Gasteiger partial charge in [0.15, 0.2) is 0 Å². The molecule has 0 radical (unpaired) electrons. The third kappa shape index (κ3) is 11.8. The highest BCUT2D eigenvalue weighted by molar-refractivity contribution is 7.85. The molecule has 1 atom stereocenters. The topological polar surface area (TPSA) is 115 Å². The van der Waals surface area contributed by atoms with E-state index < -0.39 is 16.1 Å². The smallest absolute Gasteiger partial charge is 0.333 e. The second-order valence-corrected chi connectivity index (χ2v) is 6.08. The first-order valence-corrected chi connectivity index (χ1v) is 7.15. The van der Waals surface area contributed by atoms with Gasteiger partial charge in [-0.15, -0.1) is 0 Å². The van der Waals surface area contributed by atoms with Crippen molar-refractivity contribution in [2.75, 3.05) is 33.0 Å². The van der Waals surface area contributed by atoms with Gasteiger partial charge in [-0.3, -0.25) is 4.55 Å². The van der Waals surface area contributed by atoms with Gasteiger partial charge in [0.2, 0.25) is 0 Å². The van der Waals surface area contributed by atoms with Crippen molar-refractivity contribution in [1.82, 2.24) is 4.90 Å². The van der Waals surface area contributed by atoms with Gasteiger partial charge in [-0.1, -0.05) is 6.58 Å². The van der Waals surface area contributed by atoms with E-state index in [1.54, 1.807) is 14.1 Å². The number of ether oxygens (including phenoxy) is 1. The fraction of sp³-hybridized carbons (Fsp3) is 0.727. The predicted molar refractivity (Wildman–Crippen MR) is 72.5 cm³/mol. The van der Waals surface area contributed by atoms with Gasteiger partial charge < -0.3 is 15.1 Å². The molecule has 1 unspecified atom stereocenters. The molecule has 0 aromatic carbocycles. The molecule has 0 aliphatic rings. The Bertz CT molecular complexity index is 390. The molecular weight excluding hydrogens is 274 g/mol. The van der Waals surface area contributed by atoms with Gasteiger partial charge in [0.1, 0.15) is 0 Å². The van der Waals surface area contributed by atoms with E-state index in [1.165, 1.54) is 6.92 Å². The summed E-state index contributed by atoms with van der Waals surface area (Å²) in [6.45, 7) is 5.58. The van der Waals surface area contributed by atoms with Crippen LogP contribution in [0.25, 0.3) is 0 Å². The zero-order valence-electron chi connectivity index (χ0n) is 11.5. The van der Waals surface area contributed by atoms with E-state index in [1.807, 2.05) is 4.90 Å². The van der Waals surface area contributed by atoms with Crippen LogP contribution < -0.4 is 0 Å². The van der Waals surface area contributed by atoms with Crippen LogP contribution in [0.5, 0.6) is 0 Å². The lowest BCUT2D eigenvalue weighted by Gasteiger charge is -2.19. The molecule has 0 heterocycles. The Hall–Kier alpha value is -0.960. The number of carbonyl (C=O) groups excluding carboxylic acids is 1. The van der Waals surface area contributed by atoms with Crippen LogP contribution in [0.3, 0.4) is 0 Å². The summed E-state index contributed by atoms with van der Waals surface area (Å²) in [6, 6.07) is 0. The summed E-state index contributed by atoms with van der Waals surface area (Å²) in [5, 5.41) is 0. The number of hydrogen-bond acceptors (Lipinski definition) is 5. The zero-order chi connectivity index (χ0) is 14.3. The highest BCUT2D eigenvalue weighted by atomic mass is 32.2. The van der Waals surface area contributed by atoms with Gasteiger partial charge in [-0.2, -0.15) is 8.42 Å². The van der Waals surface area contributed by atoms with Crippen molar-refractivity contribution in [1.29, 1.82) is 0 Å². The molecule has 0 aromatic rings. The minimum absolute atomic E-state index is 0. The van der Waals surface area contributed by atoms with Crippen LogP contribution in [0.2, 0.25) is 0 Å². The van der Waals surface area contributed by atoms with Crippen molar-refractivity contribution < 1.29 is 28.0 Å². The quantitative estimate of drug-likeness (QED) is 0.375. The number of hydrogen-bond donors (Lipinski definition) is 1. The standard InChI is InChI=1S/C11H21NO5S.H2O/c1-9(2)11(13)17-6-5-10(7-12(3)4)8-18(14,15)16;/h10H,1,5-8H2,2-4H3,(H,14,15,16);1H2. The van der Waals surface area contributed by atoms with Crippen LogP contribution in [0, 0.1) is 5.92 Å². The third-order valence-corrected chi connectivity index (χ3v) is 3.07. The van der Waals surface area contributed by atoms with Crippen molar-refractivity contribution in [2.24, 2.45) is 5.92 Å². The Morgan fingerprint density at radius 3 is 2.32 bits per heavy atom. The van der Waals surface area contributed by atoms with E-state index in [-0.39, 0.29) is 23.8 Å². The van der Waals surface area contributed by atoms with Gasteiger partial charge in [-0.25, -0.2) is 4.79 Å². The van der Waals surface area contributed by atoms with Gasteiger partial charge in [0.25, 0.3) is 10.1 Å². The molecule has 114 valence electrons. The Labute approximate surface area is 114 Å². The Morgan fingerprint density at radius 1 is 1.42 bits per heavy atom. The van der Waals surface area contributed by atoms with Crippen LogP contribution in [-0.4, -0.2) is 62.3 Å². The molecule has 19 heavy (non-hydrogen) atoms. The normalized spacial score (nSPS) is 12.7. The van der Waals surface area contributed by atoms with Gasteiger partial charge in [0, 0.05) is 12.1 Å². The highest BCUT2D eigenvalue weighted by Gasteiger charge is 2.18. The van der Waals surface area contributed by atoms with E-state index in [4.69, 9.17) is 9.29 Å². The summed E-state index contributed by atoms with van der Waals surface area (Å²) in [7, 11) is -0.416. The van der Waals surface area contributed by atoms with Crippen LogP contribution in [0.1, 0.15) is 13.3 Å². The lowest BCUT2D eigenvalue weighted by Crippen LogP contribution is -2.28. The summed E-state index contributed by atoms with van der Waals surface area (Å²) in [4.78, 5) is 12.9. The summed E-state index contributed by atoms with van der Waals surface area (Å²) in [5.41, 5.74) is 0.300. The van der Waals surface area contributed by atoms with Crippen molar-refractivity contribution in [3.8, 4) is 0 Å². The monoisotopic (exact) mass is 297 g/mol. The second kappa shape index (κ2) is 9.03. The molecule has 3 N–H and O–H groups in total. The lowest BCUT2D eigenvalue weighted by atomic mass is 10.1. The Morgan fingerprint density at radius 2 is 1.95 bits per heavy atom. The third-order valence-electron chi connectivity index (χ3n) is 2.18. The lowest BCUT2D eigenvalue weighted by molar-refractivity contribution is -0.139. The molecule has 0 spiro atoms. The first kappa shape index (κ1) is 20.4. The molecule has 0 rings (SSSR count). The Kier molecular flexibility index (Phi) is 9.67. The minimum Gasteiger partial charge on any atom is -0.462 e. The molecule has 8 heteroatoms. The summed E-state index contributed by atoms with van der Waals surface area (Å²) in [6.07, 6.45) is 0.372.